The lowest BCUT2D eigenvalue weighted by Gasteiger charge is -2.17. The molecule has 0 radical (unpaired) electrons. The maximum atomic E-state index is 14.1. The zero-order valence-electron chi connectivity index (χ0n) is 19.4. The smallest absolute Gasteiger partial charge is 0.293 e. The number of nitrogens with two attached hydrogens (primary N) is 2. The average Bonchev–Trinajstić information content (AvgIpc) is 3.36. The van der Waals surface area contributed by atoms with E-state index in [4.69, 9.17) is 23.1 Å². The molecule has 2 aromatic rings. The van der Waals surface area contributed by atoms with Gasteiger partial charge < -0.3 is 26.7 Å². The fourth-order valence-corrected chi connectivity index (χ4v) is 4.42. The van der Waals surface area contributed by atoms with Gasteiger partial charge in [0.25, 0.3) is 17.6 Å². The minimum Gasteiger partial charge on any atom is -0.403 e. The first-order valence-corrected chi connectivity index (χ1v) is 11.6. The summed E-state index contributed by atoms with van der Waals surface area (Å²) < 4.78 is 15.8. The number of nitrogens with zero attached hydrogens (tertiary/aromatic N) is 1. The molecule has 6 N–H and O–H groups in total. The number of halogens is 2. The molecule has 1 fully saturated rings. The Hall–Kier alpha value is -3.33. The van der Waals surface area contributed by atoms with Crippen LogP contribution >= 0.6 is 11.6 Å². The maximum absolute atomic E-state index is 14.1. The van der Waals surface area contributed by atoms with Crippen LogP contribution in [0.25, 0.3) is 0 Å². The molecule has 2 amide bonds. The van der Waals surface area contributed by atoms with Gasteiger partial charge in [-0.05, 0) is 56.4 Å². The van der Waals surface area contributed by atoms with Crippen molar-refractivity contribution in [3.8, 4) is 0 Å². The van der Waals surface area contributed by atoms with E-state index in [0.29, 0.717) is 42.8 Å². The van der Waals surface area contributed by atoms with Gasteiger partial charge in [0.1, 0.15) is 11.5 Å². The largest absolute Gasteiger partial charge is 0.403 e. The highest BCUT2D eigenvalue weighted by Crippen LogP contribution is 2.40. The summed E-state index contributed by atoms with van der Waals surface area (Å²) in [6.07, 6.45) is 3.67. The van der Waals surface area contributed by atoms with Gasteiger partial charge in [-0.2, -0.15) is 0 Å². The Morgan fingerprint density at radius 1 is 1.24 bits per heavy atom. The number of carbonyl (C=O) groups is 3. The minimum atomic E-state index is -0.802. The third kappa shape index (κ3) is 4.52. The van der Waals surface area contributed by atoms with Gasteiger partial charge in [0.05, 0.1) is 16.8 Å². The first-order valence-electron chi connectivity index (χ1n) is 11.2. The van der Waals surface area contributed by atoms with Gasteiger partial charge in [-0.15, -0.1) is 0 Å². The molecule has 34 heavy (non-hydrogen) atoms. The van der Waals surface area contributed by atoms with Crippen molar-refractivity contribution < 1.29 is 18.8 Å². The summed E-state index contributed by atoms with van der Waals surface area (Å²) in [4.78, 5) is 38.9. The lowest BCUT2D eigenvalue weighted by Crippen LogP contribution is -2.44. The van der Waals surface area contributed by atoms with Crippen LogP contribution in [0.5, 0.6) is 0 Å². The minimum absolute atomic E-state index is 0.0687. The van der Waals surface area contributed by atoms with Gasteiger partial charge in [0.2, 0.25) is 0 Å². The molecule has 4 rings (SSSR count). The summed E-state index contributed by atoms with van der Waals surface area (Å²) in [7, 11) is 0. The van der Waals surface area contributed by atoms with E-state index in [9.17, 15) is 18.8 Å². The molecule has 2 heterocycles. The second kappa shape index (κ2) is 9.89. The van der Waals surface area contributed by atoms with Crippen LogP contribution in [0.4, 0.5) is 10.1 Å². The molecular weight excluding hydrogens is 461 g/mol. The van der Waals surface area contributed by atoms with E-state index in [2.05, 4.69) is 10.6 Å². The van der Waals surface area contributed by atoms with Crippen LogP contribution in [-0.4, -0.2) is 27.7 Å². The number of anilines is 1. The summed E-state index contributed by atoms with van der Waals surface area (Å²) in [5, 5.41) is 5.48. The first kappa shape index (κ1) is 25.3. The van der Waals surface area contributed by atoms with Crippen molar-refractivity contribution in [1.82, 2.24) is 9.88 Å². The predicted molar refractivity (Wildman–Crippen MR) is 129 cm³/mol. The van der Waals surface area contributed by atoms with Gasteiger partial charge in [-0.25, -0.2) is 4.39 Å². The third-order valence-electron chi connectivity index (χ3n) is 6.07. The summed E-state index contributed by atoms with van der Waals surface area (Å²) in [6, 6.07) is 3.84. The standard InChI is InChI=1S/C22H23ClFN5O3.C2H6/c1-11-17(19(30)21(32)28-22(6-7-22)16(26)10-25)15-3-2-8-29(15)18(11)20(31)27-14-9-12(23)4-5-13(14)24;1-2/h4-5,9-10H,2-3,6-8,25-26H2,1H3,(H,27,31)(H,28,32);1-2H3/b16-10-;. The van der Waals surface area contributed by atoms with Crippen LogP contribution in [0.15, 0.2) is 30.1 Å². The lowest BCUT2D eigenvalue weighted by atomic mass is 10.0. The number of hydrogen-bond acceptors (Lipinski definition) is 5. The van der Waals surface area contributed by atoms with E-state index in [1.54, 1.807) is 11.5 Å². The number of amides is 2. The molecule has 0 spiro atoms. The Balaban J connectivity index is 0.00000158. The molecule has 0 saturated heterocycles. The number of fused-ring (bicyclic) bond motifs is 1. The summed E-state index contributed by atoms with van der Waals surface area (Å²) in [5.74, 6) is -2.76. The Labute approximate surface area is 202 Å². The number of benzene rings is 1. The molecule has 2 aliphatic rings. The van der Waals surface area contributed by atoms with Crippen molar-refractivity contribution in [3.63, 3.8) is 0 Å². The van der Waals surface area contributed by atoms with Crippen molar-refractivity contribution in [1.29, 1.82) is 0 Å². The number of rotatable bonds is 6. The SMILES string of the molecule is CC.Cc1c(C(=O)C(=O)NC2(/C(N)=C/N)CC2)c2n(c1C(=O)Nc1cc(Cl)ccc1F)CCC2. The van der Waals surface area contributed by atoms with Crippen molar-refractivity contribution in [3.05, 3.63) is 63.5 Å². The van der Waals surface area contributed by atoms with Crippen LogP contribution in [0.1, 0.15) is 65.2 Å². The second-order valence-electron chi connectivity index (χ2n) is 8.12. The van der Waals surface area contributed by atoms with E-state index in [-0.39, 0.29) is 22.0 Å². The second-order valence-corrected chi connectivity index (χ2v) is 8.55. The van der Waals surface area contributed by atoms with E-state index in [1.165, 1.54) is 18.3 Å². The Morgan fingerprint density at radius 3 is 2.53 bits per heavy atom. The van der Waals surface area contributed by atoms with Gasteiger partial charge >= 0.3 is 0 Å². The van der Waals surface area contributed by atoms with Crippen molar-refractivity contribution in [2.75, 3.05) is 5.32 Å². The molecule has 10 heteroatoms. The molecule has 0 bridgehead atoms. The highest BCUT2D eigenvalue weighted by atomic mass is 35.5. The Morgan fingerprint density at radius 2 is 1.91 bits per heavy atom. The fraction of sp³-hybridized carbons (Fsp3) is 0.375. The van der Waals surface area contributed by atoms with E-state index < -0.39 is 29.0 Å². The number of aromatic nitrogens is 1. The molecule has 1 aliphatic heterocycles. The van der Waals surface area contributed by atoms with Crippen molar-refractivity contribution in [2.24, 2.45) is 11.5 Å². The monoisotopic (exact) mass is 489 g/mol. The number of hydrogen-bond donors (Lipinski definition) is 4. The highest BCUT2D eigenvalue weighted by Gasteiger charge is 2.48. The van der Waals surface area contributed by atoms with E-state index >= 15 is 0 Å². The molecule has 1 aromatic heterocycles. The number of Topliss-reactive ketones (excluding diaryl/α,β-unsaturated/α-hetero) is 1. The number of ketones is 1. The van der Waals surface area contributed by atoms with Crippen molar-refractivity contribution in [2.45, 2.75) is 58.5 Å². The molecule has 8 nitrogen and oxygen atoms in total. The molecule has 1 aromatic carbocycles. The van der Waals surface area contributed by atoms with Crippen LogP contribution in [-0.2, 0) is 17.8 Å². The predicted octanol–water partition coefficient (Wildman–Crippen LogP) is 3.40. The third-order valence-corrected chi connectivity index (χ3v) is 6.30. The molecule has 0 unspecified atom stereocenters. The normalized spacial score (nSPS) is 15.6. The van der Waals surface area contributed by atoms with Crippen LogP contribution in [0.3, 0.4) is 0 Å². The summed E-state index contributed by atoms with van der Waals surface area (Å²) in [6.45, 7) is 6.12. The topological polar surface area (TPSA) is 132 Å². The van der Waals surface area contributed by atoms with Crippen LogP contribution in [0.2, 0.25) is 5.02 Å². The molecule has 182 valence electrons. The van der Waals surface area contributed by atoms with Crippen molar-refractivity contribution >= 4 is 34.9 Å². The zero-order valence-corrected chi connectivity index (χ0v) is 20.2. The van der Waals surface area contributed by atoms with Crippen LogP contribution in [0, 0.1) is 12.7 Å². The first-order chi connectivity index (χ1) is 16.2. The molecule has 0 atom stereocenters. The summed E-state index contributed by atoms with van der Waals surface area (Å²) in [5.41, 5.74) is 12.2. The number of nitrogens with one attached hydrogen (secondary N) is 2. The van der Waals surface area contributed by atoms with Gasteiger partial charge in [-0.1, -0.05) is 25.4 Å². The average molecular weight is 490 g/mol. The molecule has 1 saturated carbocycles. The molecule has 1 aliphatic carbocycles. The fourth-order valence-electron chi connectivity index (χ4n) is 4.25. The Kier molecular flexibility index (Phi) is 7.35. The lowest BCUT2D eigenvalue weighted by molar-refractivity contribution is -0.117. The molecular formula is C24H29ClFN5O3. The Bertz CT molecular complexity index is 1180. The van der Waals surface area contributed by atoms with Crippen LogP contribution < -0.4 is 22.1 Å². The van der Waals surface area contributed by atoms with Gasteiger partial charge in [0, 0.05) is 29.2 Å². The van der Waals surface area contributed by atoms with E-state index in [1.807, 2.05) is 13.8 Å². The van der Waals surface area contributed by atoms with Gasteiger partial charge in [0.15, 0.2) is 0 Å². The maximum Gasteiger partial charge on any atom is 0.293 e. The number of carbonyl (C=O) groups excluding carboxylic acids is 3. The quantitative estimate of drug-likeness (QED) is 0.364. The highest BCUT2D eigenvalue weighted by molar-refractivity contribution is 6.44. The van der Waals surface area contributed by atoms with E-state index in [0.717, 1.165) is 12.5 Å². The zero-order chi connectivity index (χ0) is 25.2. The van der Waals surface area contributed by atoms with Gasteiger partial charge in [-0.3, -0.25) is 14.4 Å². The summed E-state index contributed by atoms with van der Waals surface area (Å²) >= 11 is 5.91.